The predicted octanol–water partition coefficient (Wildman–Crippen LogP) is 3.58. The number of hydrazine groups is 1. The number of carbonyl (C=O) groups excluding carboxylic acids is 2. The first-order valence-electron chi connectivity index (χ1n) is 11.7. The van der Waals surface area contributed by atoms with Crippen molar-refractivity contribution < 1.29 is 22.8 Å². The first-order valence-corrected chi connectivity index (χ1v) is 11.7. The van der Waals surface area contributed by atoms with Gasteiger partial charge in [-0.3, -0.25) is 20.4 Å². The van der Waals surface area contributed by atoms with Crippen LogP contribution in [0.1, 0.15) is 23.3 Å². The first-order chi connectivity index (χ1) is 17.2. The fourth-order valence-electron chi connectivity index (χ4n) is 4.29. The minimum atomic E-state index is -4.54. The molecule has 0 saturated carbocycles. The maximum absolute atomic E-state index is 13.4. The van der Waals surface area contributed by atoms with Crippen LogP contribution in [0.5, 0.6) is 0 Å². The number of alkyl halides is 3. The Labute approximate surface area is 206 Å². The van der Waals surface area contributed by atoms with Gasteiger partial charge >= 0.3 is 6.18 Å². The number of carbonyl (C=O) groups is 2. The van der Waals surface area contributed by atoms with Gasteiger partial charge in [-0.1, -0.05) is 24.3 Å². The minimum Gasteiger partial charge on any atom is -0.382 e. The van der Waals surface area contributed by atoms with Crippen molar-refractivity contribution in [1.82, 2.24) is 20.3 Å². The molecule has 1 saturated heterocycles. The molecule has 3 aromatic rings. The standard InChI is InChI=1S/C25H29F3N6O2/c1-33-12-10-18(11-13-33)30-20-8-5-9-21-19(20)14-22(34(21)16-25(26,27)28)24(36)32-31-23(35)15-29-17-6-3-2-4-7-17/h2-9,14,18,29-30H,10-13,15-16H2,1H3,(H,31,35)(H,32,36). The number of aromatic nitrogens is 1. The molecule has 0 spiro atoms. The summed E-state index contributed by atoms with van der Waals surface area (Å²) in [6.07, 6.45) is -2.72. The van der Waals surface area contributed by atoms with Gasteiger partial charge in [-0.05, 0) is 63.3 Å². The molecule has 1 aromatic heterocycles. The fourth-order valence-corrected chi connectivity index (χ4v) is 4.29. The van der Waals surface area contributed by atoms with E-state index in [1.807, 2.05) is 6.07 Å². The van der Waals surface area contributed by atoms with Crippen LogP contribution in [0.25, 0.3) is 10.9 Å². The molecule has 0 unspecified atom stereocenters. The first kappa shape index (κ1) is 25.4. The van der Waals surface area contributed by atoms with Crippen LogP contribution in [0.3, 0.4) is 0 Å². The minimum absolute atomic E-state index is 0.125. The Morgan fingerprint density at radius 1 is 1.00 bits per heavy atom. The molecule has 2 aromatic carbocycles. The Kier molecular flexibility index (Phi) is 7.68. The van der Waals surface area contributed by atoms with E-state index < -0.39 is 24.5 Å². The van der Waals surface area contributed by atoms with E-state index in [4.69, 9.17) is 0 Å². The van der Waals surface area contributed by atoms with Gasteiger partial charge in [0.05, 0.1) is 12.1 Å². The smallest absolute Gasteiger partial charge is 0.382 e. The van der Waals surface area contributed by atoms with E-state index in [1.165, 1.54) is 6.07 Å². The molecule has 2 heterocycles. The largest absolute Gasteiger partial charge is 0.406 e. The second-order valence-electron chi connectivity index (χ2n) is 8.91. The summed E-state index contributed by atoms with van der Waals surface area (Å²) in [6, 6.07) is 15.6. The number of nitrogens with one attached hydrogen (secondary N) is 4. The van der Waals surface area contributed by atoms with Crippen molar-refractivity contribution >= 4 is 34.1 Å². The lowest BCUT2D eigenvalue weighted by Crippen LogP contribution is -2.44. The van der Waals surface area contributed by atoms with Crippen LogP contribution in [-0.2, 0) is 11.3 Å². The Morgan fingerprint density at radius 2 is 1.72 bits per heavy atom. The summed E-state index contributed by atoms with van der Waals surface area (Å²) in [5.41, 5.74) is 5.97. The molecule has 2 amide bonds. The Hall–Kier alpha value is -3.73. The molecule has 1 aliphatic rings. The number of nitrogens with zero attached hydrogens (tertiary/aromatic N) is 2. The number of hydrogen-bond donors (Lipinski definition) is 4. The highest BCUT2D eigenvalue weighted by atomic mass is 19.4. The van der Waals surface area contributed by atoms with Crippen LogP contribution in [0, 0.1) is 0 Å². The molecular formula is C25H29F3N6O2. The number of hydrogen-bond acceptors (Lipinski definition) is 5. The molecular weight excluding hydrogens is 473 g/mol. The molecule has 11 heteroatoms. The lowest BCUT2D eigenvalue weighted by molar-refractivity contribution is -0.140. The topological polar surface area (TPSA) is 90.4 Å². The molecule has 0 atom stereocenters. The molecule has 0 bridgehead atoms. The molecule has 1 fully saturated rings. The van der Waals surface area contributed by atoms with E-state index >= 15 is 0 Å². The summed E-state index contributed by atoms with van der Waals surface area (Å²) in [4.78, 5) is 27.3. The Balaban J connectivity index is 1.51. The van der Waals surface area contributed by atoms with Gasteiger partial charge < -0.3 is 20.1 Å². The monoisotopic (exact) mass is 502 g/mol. The van der Waals surface area contributed by atoms with E-state index in [0.29, 0.717) is 16.8 Å². The Bertz CT molecular complexity index is 1200. The number of halogens is 3. The van der Waals surface area contributed by atoms with Gasteiger partial charge in [-0.25, -0.2) is 0 Å². The molecule has 1 aliphatic heterocycles. The van der Waals surface area contributed by atoms with Crippen LogP contribution >= 0.6 is 0 Å². The molecule has 36 heavy (non-hydrogen) atoms. The number of para-hydroxylation sites is 1. The van der Waals surface area contributed by atoms with Crippen LogP contribution in [-0.4, -0.2) is 60.2 Å². The second kappa shape index (κ2) is 10.9. The number of rotatable bonds is 7. The third-order valence-corrected chi connectivity index (χ3v) is 6.14. The molecule has 4 rings (SSSR count). The van der Waals surface area contributed by atoms with Crippen molar-refractivity contribution in [3.63, 3.8) is 0 Å². The van der Waals surface area contributed by atoms with Gasteiger partial charge in [0.15, 0.2) is 0 Å². The van der Waals surface area contributed by atoms with Gasteiger partial charge in [0, 0.05) is 22.8 Å². The van der Waals surface area contributed by atoms with Crippen molar-refractivity contribution in [2.24, 2.45) is 0 Å². The average molecular weight is 503 g/mol. The SMILES string of the molecule is CN1CCC(Nc2cccc3c2cc(C(=O)NNC(=O)CNc2ccccc2)n3CC(F)(F)F)CC1. The van der Waals surface area contributed by atoms with E-state index in [1.54, 1.807) is 42.5 Å². The van der Waals surface area contributed by atoms with Crippen molar-refractivity contribution in [1.29, 1.82) is 0 Å². The zero-order valence-electron chi connectivity index (χ0n) is 19.9. The van der Waals surface area contributed by atoms with Crippen LogP contribution in [0.4, 0.5) is 24.5 Å². The zero-order valence-corrected chi connectivity index (χ0v) is 19.9. The number of piperidine rings is 1. The third kappa shape index (κ3) is 6.48. The van der Waals surface area contributed by atoms with E-state index in [-0.39, 0.29) is 23.8 Å². The van der Waals surface area contributed by atoms with Crippen LogP contribution < -0.4 is 21.5 Å². The molecule has 0 aliphatic carbocycles. The van der Waals surface area contributed by atoms with Gasteiger partial charge in [0.25, 0.3) is 11.8 Å². The van der Waals surface area contributed by atoms with Gasteiger partial charge in [0.2, 0.25) is 0 Å². The zero-order chi connectivity index (χ0) is 25.7. The highest BCUT2D eigenvalue weighted by Gasteiger charge is 2.31. The number of benzene rings is 2. The maximum Gasteiger partial charge on any atom is 0.406 e. The van der Waals surface area contributed by atoms with Gasteiger partial charge in [-0.2, -0.15) is 13.2 Å². The van der Waals surface area contributed by atoms with Crippen LogP contribution in [0.15, 0.2) is 54.6 Å². The average Bonchev–Trinajstić information content (AvgIpc) is 3.21. The van der Waals surface area contributed by atoms with E-state index in [0.717, 1.165) is 30.5 Å². The van der Waals surface area contributed by atoms with Crippen molar-refractivity contribution in [3.8, 4) is 0 Å². The fraction of sp³-hybridized carbons (Fsp3) is 0.360. The summed E-state index contributed by atoms with van der Waals surface area (Å²) in [6.45, 7) is 0.394. The number of amides is 2. The molecule has 4 N–H and O–H groups in total. The predicted molar refractivity (Wildman–Crippen MR) is 133 cm³/mol. The van der Waals surface area contributed by atoms with Crippen molar-refractivity contribution in [2.75, 3.05) is 37.3 Å². The third-order valence-electron chi connectivity index (χ3n) is 6.14. The summed E-state index contributed by atoms with van der Waals surface area (Å²) < 4.78 is 41.2. The number of anilines is 2. The second-order valence-corrected chi connectivity index (χ2v) is 8.91. The van der Waals surface area contributed by atoms with Gasteiger partial charge in [0.1, 0.15) is 12.2 Å². The van der Waals surface area contributed by atoms with E-state index in [2.05, 4.69) is 33.4 Å². The summed E-state index contributed by atoms with van der Waals surface area (Å²) >= 11 is 0. The van der Waals surface area contributed by atoms with Crippen molar-refractivity contribution in [3.05, 3.63) is 60.3 Å². The normalized spacial score (nSPS) is 15.0. The maximum atomic E-state index is 13.4. The molecule has 0 radical (unpaired) electrons. The molecule has 192 valence electrons. The highest BCUT2D eigenvalue weighted by Crippen LogP contribution is 2.31. The van der Waals surface area contributed by atoms with Crippen LogP contribution in [0.2, 0.25) is 0 Å². The molecule has 8 nitrogen and oxygen atoms in total. The van der Waals surface area contributed by atoms with Crippen molar-refractivity contribution in [2.45, 2.75) is 31.6 Å². The summed E-state index contributed by atoms with van der Waals surface area (Å²) in [7, 11) is 2.05. The van der Waals surface area contributed by atoms with Gasteiger partial charge in [-0.15, -0.1) is 0 Å². The lowest BCUT2D eigenvalue weighted by atomic mass is 10.0. The van der Waals surface area contributed by atoms with E-state index in [9.17, 15) is 22.8 Å². The Morgan fingerprint density at radius 3 is 2.42 bits per heavy atom. The lowest BCUT2D eigenvalue weighted by Gasteiger charge is -2.30. The number of fused-ring (bicyclic) bond motifs is 1. The summed E-state index contributed by atoms with van der Waals surface area (Å²) in [5.74, 6) is -1.39. The highest BCUT2D eigenvalue weighted by molar-refractivity contribution is 6.03. The number of likely N-dealkylation sites (tertiary alicyclic amines) is 1. The summed E-state index contributed by atoms with van der Waals surface area (Å²) in [5, 5.41) is 6.85. The quantitative estimate of drug-likeness (QED) is 0.371.